The molecule has 1 aliphatic rings. The Bertz CT molecular complexity index is 566. The van der Waals surface area contributed by atoms with E-state index < -0.39 is 0 Å². The maximum atomic E-state index is 5.92. The van der Waals surface area contributed by atoms with Crippen molar-refractivity contribution in [3.8, 4) is 5.95 Å². The predicted octanol–water partition coefficient (Wildman–Crippen LogP) is 2.49. The second-order valence-corrected chi connectivity index (χ2v) is 5.63. The van der Waals surface area contributed by atoms with E-state index in [1.807, 2.05) is 0 Å². The normalized spacial score (nSPS) is 15.5. The molecule has 0 saturated heterocycles. The van der Waals surface area contributed by atoms with Crippen LogP contribution in [0.2, 0.25) is 5.28 Å². The first-order chi connectivity index (χ1) is 10.3. The molecule has 7 nitrogen and oxygen atoms in total. The van der Waals surface area contributed by atoms with Crippen molar-refractivity contribution in [2.45, 2.75) is 38.5 Å². The zero-order valence-corrected chi connectivity index (χ0v) is 12.5. The van der Waals surface area contributed by atoms with Gasteiger partial charge in [-0.05, 0) is 30.4 Å². The molecule has 0 aromatic carbocycles. The highest BCUT2D eigenvalue weighted by Gasteiger charge is 2.14. The summed E-state index contributed by atoms with van der Waals surface area (Å²) >= 11 is 5.92. The number of aromatic nitrogens is 6. The van der Waals surface area contributed by atoms with Crippen LogP contribution in [0.3, 0.4) is 0 Å². The van der Waals surface area contributed by atoms with E-state index in [9.17, 15) is 0 Å². The maximum absolute atomic E-state index is 5.92. The molecule has 8 heteroatoms. The fourth-order valence-corrected chi connectivity index (χ4v) is 2.88. The first-order valence-electron chi connectivity index (χ1n) is 7.32. The van der Waals surface area contributed by atoms with Gasteiger partial charge in [0, 0.05) is 6.54 Å². The average molecular weight is 308 g/mol. The van der Waals surface area contributed by atoms with Gasteiger partial charge in [-0.1, -0.05) is 25.7 Å². The van der Waals surface area contributed by atoms with Crippen LogP contribution in [0, 0.1) is 5.92 Å². The van der Waals surface area contributed by atoms with E-state index in [-0.39, 0.29) is 5.28 Å². The van der Waals surface area contributed by atoms with Crippen molar-refractivity contribution in [3.05, 3.63) is 17.9 Å². The van der Waals surface area contributed by atoms with Gasteiger partial charge in [0.15, 0.2) is 0 Å². The summed E-state index contributed by atoms with van der Waals surface area (Å²) in [5.41, 5.74) is 0. The second-order valence-electron chi connectivity index (χ2n) is 5.29. The van der Waals surface area contributed by atoms with E-state index in [1.165, 1.54) is 49.4 Å². The van der Waals surface area contributed by atoms with Crippen molar-refractivity contribution in [2.75, 3.05) is 11.9 Å². The van der Waals surface area contributed by atoms with Gasteiger partial charge in [-0.3, -0.25) is 0 Å². The van der Waals surface area contributed by atoms with Crippen molar-refractivity contribution in [1.82, 2.24) is 29.7 Å². The van der Waals surface area contributed by atoms with Gasteiger partial charge in [-0.2, -0.15) is 24.7 Å². The molecule has 0 radical (unpaired) electrons. The summed E-state index contributed by atoms with van der Waals surface area (Å²) in [5, 5.41) is 7.33. The molecule has 2 aromatic rings. The predicted molar refractivity (Wildman–Crippen MR) is 79.4 cm³/mol. The molecule has 1 aliphatic carbocycles. The Morgan fingerprint density at radius 3 is 2.86 bits per heavy atom. The third-order valence-electron chi connectivity index (χ3n) is 3.77. The molecule has 0 aliphatic heterocycles. The summed E-state index contributed by atoms with van der Waals surface area (Å²) in [4.78, 5) is 16.3. The number of rotatable bonds is 6. The van der Waals surface area contributed by atoms with Gasteiger partial charge in [0.2, 0.25) is 11.2 Å². The lowest BCUT2D eigenvalue weighted by molar-refractivity contribution is 0.491. The van der Waals surface area contributed by atoms with Crippen molar-refractivity contribution in [2.24, 2.45) is 5.92 Å². The van der Waals surface area contributed by atoms with Crippen LogP contribution >= 0.6 is 11.6 Å². The van der Waals surface area contributed by atoms with Crippen LogP contribution in [0.25, 0.3) is 5.95 Å². The molecule has 0 atom stereocenters. The lowest BCUT2D eigenvalue weighted by Gasteiger charge is -2.09. The molecule has 21 heavy (non-hydrogen) atoms. The zero-order chi connectivity index (χ0) is 14.5. The lowest BCUT2D eigenvalue weighted by Crippen LogP contribution is -2.11. The molecule has 0 spiro atoms. The molecule has 3 rings (SSSR count). The highest BCUT2D eigenvalue weighted by atomic mass is 35.5. The third-order valence-corrected chi connectivity index (χ3v) is 3.94. The van der Waals surface area contributed by atoms with Gasteiger partial charge in [0.05, 0.1) is 0 Å². The summed E-state index contributed by atoms with van der Waals surface area (Å²) in [5.74, 6) is 1.75. The number of nitrogens with zero attached hydrogens (tertiary/aromatic N) is 6. The highest BCUT2D eigenvalue weighted by Crippen LogP contribution is 2.28. The Balaban J connectivity index is 1.55. The van der Waals surface area contributed by atoms with E-state index in [0.717, 1.165) is 18.9 Å². The molecule has 1 fully saturated rings. The minimum atomic E-state index is 0.147. The quantitative estimate of drug-likeness (QED) is 0.826. The standard InChI is InChI=1S/C13H18ClN7/c14-11-18-12(16-7-3-6-10-4-1-2-5-10)20-13(19-11)21-9-15-8-17-21/h8-10H,1-7H2,(H,16,18,19,20). The van der Waals surface area contributed by atoms with E-state index >= 15 is 0 Å². The Morgan fingerprint density at radius 1 is 1.24 bits per heavy atom. The Hall–Kier alpha value is -1.76. The molecular formula is C13H18ClN7. The molecule has 0 bridgehead atoms. The topological polar surface area (TPSA) is 81.4 Å². The summed E-state index contributed by atoms with van der Waals surface area (Å²) in [6.45, 7) is 0.841. The number of hydrogen-bond acceptors (Lipinski definition) is 6. The summed E-state index contributed by atoms with van der Waals surface area (Å²) < 4.78 is 1.46. The minimum Gasteiger partial charge on any atom is -0.354 e. The number of halogens is 1. The number of nitrogens with one attached hydrogen (secondary N) is 1. The molecular weight excluding hydrogens is 290 g/mol. The summed E-state index contributed by atoms with van der Waals surface area (Å²) in [6.07, 6.45) is 10.9. The molecule has 0 unspecified atom stereocenters. The monoisotopic (exact) mass is 307 g/mol. The largest absolute Gasteiger partial charge is 0.354 e. The van der Waals surface area contributed by atoms with E-state index in [2.05, 4.69) is 30.4 Å². The lowest BCUT2D eigenvalue weighted by atomic mass is 10.0. The van der Waals surface area contributed by atoms with Gasteiger partial charge < -0.3 is 5.32 Å². The van der Waals surface area contributed by atoms with Gasteiger partial charge in [-0.25, -0.2) is 4.98 Å². The van der Waals surface area contributed by atoms with Crippen LogP contribution in [0.5, 0.6) is 0 Å². The molecule has 112 valence electrons. The molecule has 2 aromatic heterocycles. The Labute approximate surface area is 128 Å². The number of hydrogen-bond donors (Lipinski definition) is 1. The Morgan fingerprint density at radius 2 is 2.10 bits per heavy atom. The molecule has 1 N–H and O–H groups in total. The zero-order valence-electron chi connectivity index (χ0n) is 11.7. The molecule has 1 saturated carbocycles. The van der Waals surface area contributed by atoms with Crippen molar-refractivity contribution >= 4 is 17.5 Å². The van der Waals surface area contributed by atoms with Gasteiger partial charge in [0.25, 0.3) is 5.95 Å². The van der Waals surface area contributed by atoms with Crippen LogP contribution in [0.4, 0.5) is 5.95 Å². The smallest absolute Gasteiger partial charge is 0.258 e. The van der Waals surface area contributed by atoms with Gasteiger partial charge in [0.1, 0.15) is 12.7 Å². The first kappa shape index (κ1) is 14.2. The van der Waals surface area contributed by atoms with Crippen molar-refractivity contribution < 1.29 is 0 Å². The van der Waals surface area contributed by atoms with Gasteiger partial charge in [-0.15, -0.1) is 0 Å². The van der Waals surface area contributed by atoms with E-state index in [4.69, 9.17) is 11.6 Å². The first-order valence-corrected chi connectivity index (χ1v) is 7.69. The van der Waals surface area contributed by atoms with Crippen LogP contribution in [-0.4, -0.2) is 36.3 Å². The van der Waals surface area contributed by atoms with Crippen LogP contribution in [0.1, 0.15) is 38.5 Å². The van der Waals surface area contributed by atoms with Crippen LogP contribution in [0.15, 0.2) is 12.7 Å². The fourth-order valence-electron chi connectivity index (χ4n) is 2.72. The average Bonchev–Trinajstić information content (AvgIpc) is 3.16. The fraction of sp³-hybridized carbons (Fsp3) is 0.615. The Kier molecular flexibility index (Phi) is 4.59. The van der Waals surface area contributed by atoms with E-state index in [0.29, 0.717) is 11.9 Å². The minimum absolute atomic E-state index is 0.147. The molecule has 2 heterocycles. The molecule has 0 amide bonds. The second kappa shape index (κ2) is 6.80. The van der Waals surface area contributed by atoms with Crippen LogP contribution in [-0.2, 0) is 0 Å². The highest BCUT2D eigenvalue weighted by molar-refractivity contribution is 6.28. The van der Waals surface area contributed by atoms with Gasteiger partial charge >= 0.3 is 0 Å². The summed E-state index contributed by atoms with van der Waals surface area (Å²) in [7, 11) is 0. The van der Waals surface area contributed by atoms with Crippen LogP contribution < -0.4 is 5.32 Å². The third kappa shape index (κ3) is 3.87. The van der Waals surface area contributed by atoms with E-state index in [1.54, 1.807) is 0 Å². The maximum Gasteiger partial charge on any atom is 0.258 e. The summed E-state index contributed by atoms with van der Waals surface area (Å²) in [6, 6.07) is 0. The SMILES string of the molecule is Clc1nc(NCCCC2CCCC2)nc(-n2cncn2)n1. The number of anilines is 1. The van der Waals surface area contributed by atoms with Crippen molar-refractivity contribution in [1.29, 1.82) is 0 Å². The van der Waals surface area contributed by atoms with Crippen molar-refractivity contribution in [3.63, 3.8) is 0 Å².